The fourth-order valence-corrected chi connectivity index (χ4v) is 3.45. The van der Waals surface area contributed by atoms with Crippen LogP contribution in [0.4, 0.5) is 0 Å². The largest absolute Gasteiger partial charge is 0.396 e. The van der Waals surface area contributed by atoms with E-state index in [9.17, 15) is 5.11 Å². The summed E-state index contributed by atoms with van der Waals surface area (Å²) in [6.07, 6.45) is 10.6. The van der Waals surface area contributed by atoms with Gasteiger partial charge in [0.05, 0.1) is 0 Å². The van der Waals surface area contributed by atoms with Gasteiger partial charge in [0.15, 0.2) is 0 Å². The molecule has 0 aromatic rings. The van der Waals surface area contributed by atoms with Crippen LogP contribution >= 0.6 is 0 Å². The van der Waals surface area contributed by atoms with Gasteiger partial charge >= 0.3 is 0 Å². The highest BCUT2D eigenvalue weighted by molar-refractivity contribution is 4.86. The molecule has 1 heterocycles. The van der Waals surface area contributed by atoms with Crippen molar-refractivity contribution in [3.63, 3.8) is 0 Å². The molecule has 0 aromatic carbocycles. The Hall–Kier alpha value is -0.0800. The molecule has 0 aromatic heterocycles. The van der Waals surface area contributed by atoms with Crippen LogP contribution in [0.2, 0.25) is 0 Å². The first-order valence-corrected chi connectivity index (χ1v) is 6.66. The minimum Gasteiger partial charge on any atom is -0.396 e. The molecule has 0 radical (unpaired) electrons. The standard InChI is InChI=1S/C13H25NO/c15-11-13(6-3-8-14-9-7-13)10-12-4-1-2-5-12/h12,14-15H,1-11H2. The summed E-state index contributed by atoms with van der Waals surface area (Å²) in [6, 6.07) is 0. The van der Waals surface area contributed by atoms with E-state index >= 15 is 0 Å². The zero-order valence-electron chi connectivity index (χ0n) is 9.80. The predicted molar refractivity (Wildman–Crippen MR) is 62.8 cm³/mol. The van der Waals surface area contributed by atoms with E-state index in [0.29, 0.717) is 6.61 Å². The summed E-state index contributed by atoms with van der Waals surface area (Å²) < 4.78 is 0. The first-order valence-electron chi connectivity index (χ1n) is 6.66. The monoisotopic (exact) mass is 211 g/mol. The summed E-state index contributed by atoms with van der Waals surface area (Å²) in [5.74, 6) is 0.912. The highest BCUT2D eigenvalue weighted by Gasteiger charge is 2.33. The number of hydrogen-bond donors (Lipinski definition) is 2. The van der Waals surface area contributed by atoms with Crippen molar-refractivity contribution >= 4 is 0 Å². The Morgan fingerprint density at radius 1 is 1.07 bits per heavy atom. The average molecular weight is 211 g/mol. The average Bonchev–Trinajstić information content (AvgIpc) is 2.64. The fourth-order valence-electron chi connectivity index (χ4n) is 3.45. The molecule has 15 heavy (non-hydrogen) atoms. The topological polar surface area (TPSA) is 32.3 Å². The lowest BCUT2D eigenvalue weighted by molar-refractivity contribution is 0.0826. The maximum atomic E-state index is 9.70. The second-order valence-corrected chi connectivity index (χ2v) is 5.62. The van der Waals surface area contributed by atoms with Crippen molar-refractivity contribution in [1.82, 2.24) is 5.32 Å². The number of nitrogens with one attached hydrogen (secondary N) is 1. The number of aliphatic hydroxyl groups is 1. The molecular weight excluding hydrogens is 186 g/mol. The first kappa shape index (κ1) is 11.4. The molecule has 2 aliphatic rings. The number of rotatable bonds is 3. The van der Waals surface area contributed by atoms with Gasteiger partial charge in [-0.05, 0) is 50.1 Å². The molecule has 1 atom stereocenters. The van der Waals surface area contributed by atoms with Crippen LogP contribution in [0.3, 0.4) is 0 Å². The third-order valence-electron chi connectivity index (χ3n) is 4.42. The van der Waals surface area contributed by atoms with Crippen LogP contribution < -0.4 is 5.32 Å². The molecule has 0 amide bonds. The van der Waals surface area contributed by atoms with Gasteiger partial charge in [0.1, 0.15) is 0 Å². The van der Waals surface area contributed by atoms with Crippen molar-refractivity contribution in [3.05, 3.63) is 0 Å². The van der Waals surface area contributed by atoms with E-state index in [4.69, 9.17) is 0 Å². The molecule has 0 bridgehead atoms. The molecule has 2 fully saturated rings. The zero-order valence-corrected chi connectivity index (χ0v) is 9.80. The second-order valence-electron chi connectivity index (χ2n) is 5.62. The van der Waals surface area contributed by atoms with E-state index in [0.717, 1.165) is 19.0 Å². The molecule has 0 spiro atoms. The molecule has 2 heteroatoms. The lowest BCUT2D eigenvalue weighted by Crippen LogP contribution is -2.29. The van der Waals surface area contributed by atoms with E-state index in [1.807, 2.05) is 0 Å². The van der Waals surface area contributed by atoms with Gasteiger partial charge in [-0.1, -0.05) is 25.7 Å². The zero-order chi connectivity index (χ0) is 10.6. The Bertz CT molecular complexity index is 179. The van der Waals surface area contributed by atoms with Gasteiger partial charge in [-0.25, -0.2) is 0 Å². The van der Waals surface area contributed by atoms with Crippen molar-refractivity contribution in [2.45, 2.75) is 51.4 Å². The summed E-state index contributed by atoms with van der Waals surface area (Å²) in [5.41, 5.74) is 0.262. The molecule has 1 aliphatic carbocycles. The molecule has 1 saturated heterocycles. The molecule has 2 N–H and O–H groups in total. The maximum Gasteiger partial charge on any atom is 0.0488 e. The third kappa shape index (κ3) is 2.94. The third-order valence-corrected chi connectivity index (χ3v) is 4.42. The summed E-state index contributed by atoms with van der Waals surface area (Å²) >= 11 is 0. The second kappa shape index (κ2) is 5.31. The van der Waals surface area contributed by atoms with Crippen LogP contribution in [-0.2, 0) is 0 Å². The van der Waals surface area contributed by atoms with Crippen molar-refractivity contribution in [1.29, 1.82) is 0 Å². The summed E-state index contributed by atoms with van der Waals surface area (Å²) in [4.78, 5) is 0. The molecule has 1 unspecified atom stereocenters. The highest BCUT2D eigenvalue weighted by atomic mass is 16.3. The molecule has 1 saturated carbocycles. The molecule has 88 valence electrons. The van der Waals surface area contributed by atoms with E-state index < -0.39 is 0 Å². The van der Waals surface area contributed by atoms with E-state index in [1.54, 1.807) is 0 Å². The SMILES string of the molecule is OCC1(CC2CCCC2)CCCNCC1. The summed E-state index contributed by atoms with van der Waals surface area (Å²) in [7, 11) is 0. The molecule has 2 nitrogen and oxygen atoms in total. The van der Waals surface area contributed by atoms with E-state index in [2.05, 4.69) is 5.32 Å². The Morgan fingerprint density at radius 3 is 2.60 bits per heavy atom. The smallest absolute Gasteiger partial charge is 0.0488 e. The summed E-state index contributed by atoms with van der Waals surface area (Å²) in [5, 5.41) is 13.1. The van der Waals surface area contributed by atoms with Gasteiger partial charge in [0.25, 0.3) is 0 Å². The van der Waals surface area contributed by atoms with Gasteiger partial charge in [0, 0.05) is 6.61 Å². The fraction of sp³-hybridized carbons (Fsp3) is 1.00. The van der Waals surface area contributed by atoms with E-state index in [1.165, 1.54) is 51.4 Å². The summed E-state index contributed by atoms with van der Waals surface area (Å²) in [6.45, 7) is 2.66. The highest BCUT2D eigenvalue weighted by Crippen LogP contribution is 2.41. The Labute approximate surface area is 93.5 Å². The molecule has 1 aliphatic heterocycles. The lowest BCUT2D eigenvalue weighted by atomic mass is 9.74. The van der Waals surface area contributed by atoms with Gasteiger partial charge in [-0.15, -0.1) is 0 Å². The lowest BCUT2D eigenvalue weighted by Gasteiger charge is -2.33. The van der Waals surface area contributed by atoms with Crippen LogP contribution in [0, 0.1) is 11.3 Å². The maximum absolute atomic E-state index is 9.70. The van der Waals surface area contributed by atoms with Crippen molar-refractivity contribution in [2.75, 3.05) is 19.7 Å². The van der Waals surface area contributed by atoms with Crippen LogP contribution in [0.5, 0.6) is 0 Å². The van der Waals surface area contributed by atoms with Gasteiger partial charge < -0.3 is 10.4 Å². The van der Waals surface area contributed by atoms with Crippen molar-refractivity contribution in [2.24, 2.45) is 11.3 Å². The minimum atomic E-state index is 0.262. The molecular formula is C13H25NO. The van der Waals surface area contributed by atoms with Crippen LogP contribution in [0.15, 0.2) is 0 Å². The predicted octanol–water partition coefficient (Wildman–Crippen LogP) is 2.32. The minimum absolute atomic E-state index is 0.262. The van der Waals surface area contributed by atoms with Crippen LogP contribution in [0.1, 0.15) is 51.4 Å². The quantitative estimate of drug-likeness (QED) is 0.751. The van der Waals surface area contributed by atoms with Gasteiger partial charge in [-0.3, -0.25) is 0 Å². The first-order chi connectivity index (χ1) is 7.35. The molecule has 2 rings (SSSR count). The van der Waals surface area contributed by atoms with E-state index in [-0.39, 0.29) is 5.41 Å². The van der Waals surface area contributed by atoms with Gasteiger partial charge in [-0.2, -0.15) is 0 Å². The van der Waals surface area contributed by atoms with Crippen LogP contribution in [0.25, 0.3) is 0 Å². The van der Waals surface area contributed by atoms with Crippen molar-refractivity contribution < 1.29 is 5.11 Å². The number of aliphatic hydroxyl groups excluding tert-OH is 1. The Balaban J connectivity index is 1.92. The van der Waals surface area contributed by atoms with Crippen molar-refractivity contribution in [3.8, 4) is 0 Å². The van der Waals surface area contributed by atoms with Gasteiger partial charge in [0.2, 0.25) is 0 Å². The normalized spacial score (nSPS) is 34.2. The Morgan fingerprint density at radius 2 is 1.87 bits per heavy atom. The number of hydrogen-bond acceptors (Lipinski definition) is 2. The van der Waals surface area contributed by atoms with Crippen LogP contribution in [-0.4, -0.2) is 24.8 Å². The Kier molecular flexibility index (Phi) is 4.04.